The molecule has 5 unspecified atom stereocenters. The number of carbonyl (C=O) groups is 1. The summed E-state index contributed by atoms with van der Waals surface area (Å²) in [4.78, 5) is 35.1. The molecule has 0 aromatic heterocycles. The molecule has 3 aliphatic rings. The predicted molar refractivity (Wildman–Crippen MR) is 118 cm³/mol. The van der Waals surface area contributed by atoms with Gasteiger partial charge >= 0.3 is 7.82 Å². The molecule has 1 amide bonds. The molecule has 3 heterocycles. The van der Waals surface area contributed by atoms with Gasteiger partial charge in [-0.1, -0.05) is 6.58 Å². The first kappa shape index (κ1) is 29.7. The van der Waals surface area contributed by atoms with Gasteiger partial charge in [0.25, 0.3) is 13.7 Å². The standard InChI is InChI=1S/C17H28N2O14P2S/c1-7-4-19(8(2)18-16(7)24)12-3-9(20)10(30-12)5-29-34(25,26)33-35(27,28)32-17-15(23)14(22)13(21)11(6-36)31-17/h4,9-15,17,20-23,36H,2-3,5-6H2,1H3,(H,18,24)(H,25,26)(H,27,28)/p-1/t9?,10-,11?,12-,13+,14+,15?,17+/m1/s1. The van der Waals surface area contributed by atoms with E-state index in [1.54, 1.807) is 6.92 Å². The first-order valence-electron chi connectivity index (χ1n) is 10.4. The molecule has 0 saturated carbocycles. The van der Waals surface area contributed by atoms with Crippen LogP contribution in [-0.2, 0) is 36.8 Å². The lowest BCUT2D eigenvalue weighted by atomic mass is 10.0. The molecule has 0 aliphatic carbocycles. The Bertz CT molecular complexity index is 981. The van der Waals surface area contributed by atoms with E-state index in [1.165, 1.54) is 11.1 Å². The van der Waals surface area contributed by atoms with Crippen LogP contribution in [0.4, 0.5) is 0 Å². The molecule has 19 heteroatoms. The fourth-order valence-electron chi connectivity index (χ4n) is 3.55. The second kappa shape index (κ2) is 11.5. The number of phosphoric acid groups is 2. The highest BCUT2D eigenvalue weighted by molar-refractivity contribution is 7.80. The van der Waals surface area contributed by atoms with Crippen molar-refractivity contribution in [1.82, 2.24) is 10.2 Å². The van der Waals surface area contributed by atoms with Crippen LogP contribution in [0.5, 0.6) is 0 Å². The molecule has 2 saturated heterocycles. The Labute approximate surface area is 210 Å². The van der Waals surface area contributed by atoms with Crippen LogP contribution in [0.15, 0.2) is 24.2 Å². The Hall–Kier alpha value is -0.880. The van der Waals surface area contributed by atoms with Crippen LogP contribution in [0, 0.1) is 0 Å². The number of carbonyl (C=O) groups excluding carboxylic acids is 1. The minimum Gasteiger partial charge on any atom is -0.756 e. The van der Waals surface area contributed by atoms with E-state index in [4.69, 9.17) is 9.47 Å². The number of ether oxygens (including phenoxy) is 2. The molecule has 206 valence electrons. The van der Waals surface area contributed by atoms with Crippen molar-refractivity contribution in [1.29, 1.82) is 0 Å². The highest BCUT2D eigenvalue weighted by Gasteiger charge is 2.46. The summed E-state index contributed by atoms with van der Waals surface area (Å²) in [5, 5.41) is 42.2. The van der Waals surface area contributed by atoms with Gasteiger partial charge in [0.05, 0.1) is 18.8 Å². The largest absolute Gasteiger partial charge is 0.756 e. The molecule has 2 fully saturated rings. The van der Waals surface area contributed by atoms with Crippen molar-refractivity contribution in [3.63, 3.8) is 0 Å². The number of thiol groups is 1. The van der Waals surface area contributed by atoms with Gasteiger partial charge in [-0.2, -0.15) is 12.6 Å². The fraction of sp³-hybridized carbons (Fsp3) is 0.706. The van der Waals surface area contributed by atoms with Crippen LogP contribution in [0.1, 0.15) is 13.3 Å². The monoisotopic (exact) mass is 577 g/mol. The second-order valence-electron chi connectivity index (χ2n) is 8.15. The molecule has 3 rings (SSSR count). The molecule has 6 N–H and O–H groups in total. The van der Waals surface area contributed by atoms with Gasteiger partial charge in [0.1, 0.15) is 36.5 Å². The van der Waals surface area contributed by atoms with Gasteiger partial charge in [0, 0.05) is 23.9 Å². The summed E-state index contributed by atoms with van der Waals surface area (Å²) in [7, 11) is -11.1. The summed E-state index contributed by atoms with van der Waals surface area (Å²) in [6.07, 6.45) is -10.6. The summed E-state index contributed by atoms with van der Waals surface area (Å²) in [6.45, 7) is 4.45. The third kappa shape index (κ3) is 6.95. The van der Waals surface area contributed by atoms with Crippen LogP contribution < -0.4 is 10.2 Å². The van der Waals surface area contributed by atoms with Crippen LogP contribution in [-0.4, -0.2) is 97.6 Å². The van der Waals surface area contributed by atoms with Crippen molar-refractivity contribution in [2.45, 2.75) is 62.5 Å². The van der Waals surface area contributed by atoms with Gasteiger partial charge in [0.2, 0.25) is 0 Å². The molecule has 0 aromatic rings. The van der Waals surface area contributed by atoms with E-state index in [0.29, 0.717) is 5.57 Å². The van der Waals surface area contributed by atoms with Gasteiger partial charge in [0.15, 0.2) is 6.29 Å². The van der Waals surface area contributed by atoms with Crippen molar-refractivity contribution in [2.24, 2.45) is 0 Å². The smallest absolute Gasteiger partial charge is 0.478 e. The van der Waals surface area contributed by atoms with E-state index in [-0.39, 0.29) is 23.9 Å². The Kier molecular flexibility index (Phi) is 9.46. The molecule has 16 nitrogen and oxygen atoms in total. The van der Waals surface area contributed by atoms with Crippen molar-refractivity contribution in [3.05, 3.63) is 24.2 Å². The summed E-state index contributed by atoms with van der Waals surface area (Å²) >= 11 is 3.87. The van der Waals surface area contributed by atoms with Crippen LogP contribution in [0.25, 0.3) is 0 Å². The van der Waals surface area contributed by atoms with Gasteiger partial charge < -0.3 is 49.9 Å². The predicted octanol–water partition coefficient (Wildman–Crippen LogP) is -2.37. The van der Waals surface area contributed by atoms with Crippen LogP contribution in [0.2, 0.25) is 0 Å². The third-order valence-corrected chi connectivity index (χ3v) is 8.39. The molecule has 36 heavy (non-hydrogen) atoms. The highest BCUT2D eigenvalue weighted by Crippen LogP contribution is 2.59. The molecule has 10 atom stereocenters. The minimum absolute atomic E-state index is 0.0101. The number of nitrogens with one attached hydrogen (secondary N) is 1. The highest BCUT2D eigenvalue weighted by atomic mass is 32.1. The van der Waals surface area contributed by atoms with Gasteiger partial charge in [-0.15, -0.1) is 0 Å². The molecule has 0 bridgehead atoms. The second-order valence-corrected chi connectivity index (χ2v) is 11.5. The van der Waals surface area contributed by atoms with Gasteiger partial charge in [-0.05, 0) is 6.92 Å². The number of nitrogens with zero attached hydrogens (tertiary/aromatic N) is 1. The first-order valence-corrected chi connectivity index (χ1v) is 14.0. The number of aliphatic hydroxyl groups excluding tert-OH is 4. The van der Waals surface area contributed by atoms with Crippen molar-refractivity contribution >= 4 is 34.2 Å². The van der Waals surface area contributed by atoms with E-state index < -0.39 is 71.4 Å². The van der Waals surface area contributed by atoms with E-state index in [1.807, 2.05) is 0 Å². The van der Waals surface area contributed by atoms with Crippen LogP contribution >= 0.6 is 28.3 Å². The van der Waals surface area contributed by atoms with E-state index >= 15 is 0 Å². The SMILES string of the molecule is C=C1NC(=O)C(C)=CN1[C@H]1CC(O)[C@@H](COP(=O)(O)OP(=O)([O-])O[C@@H]2OC(CS)[C@H](O)[C@H](O)C2O)O1. The van der Waals surface area contributed by atoms with Crippen LogP contribution in [0.3, 0.4) is 0 Å². The fourth-order valence-corrected chi connectivity index (χ4v) is 5.97. The summed E-state index contributed by atoms with van der Waals surface area (Å²) < 4.78 is 48.1. The number of aliphatic hydroxyl groups is 4. The van der Waals surface area contributed by atoms with Crippen molar-refractivity contribution in [3.8, 4) is 0 Å². The van der Waals surface area contributed by atoms with E-state index in [9.17, 15) is 44.1 Å². The summed E-state index contributed by atoms with van der Waals surface area (Å²) in [6, 6.07) is 0. The van der Waals surface area contributed by atoms with Gasteiger partial charge in [-0.25, -0.2) is 8.88 Å². The maximum atomic E-state index is 12.2. The average Bonchev–Trinajstić information content (AvgIpc) is 3.14. The Morgan fingerprint density at radius 2 is 1.89 bits per heavy atom. The van der Waals surface area contributed by atoms with E-state index in [2.05, 4.69) is 37.9 Å². The quantitative estimate of drug-likeness (QED) is 0.112. The lowest BCUT2D eigenvalue weighted by Gasteiger charge is -2.41. The maximum absolute atomic E-state index is 12.2. The van der Waals surface area contributed by atoms with Crippen molar-refractivity contribution in [2.75, 3.05) is 12.4 Å². The zero-order chi connectivity index (χ0) is 27.0. The normalized spacial score (nSPS) is 38.8. The number of phosphoric ester groups is 2. The van der Waals surface area contributed by atoms with E-state index in [0.717, 1.165) is 0 Å². The molecular formula is C17H27N2O14P2S-. The molecule has 0 radical (unpaired) electrons. The lowest BCUT2D eigenvalue weighted by molar-refractivity contribution is -0.295. The molecule has 0 aromatic carbocycles. The number of amides is 1. The number of rotatable bonds is 9. The molecule has 0 spiro atoms. The number of hydrogen-bond acceptors (Lipinski definition) is 15. The third-order valence-electron chi connectivity index (χ3n) is 5.46. The topological polar surface area (TPSA) is 237 Å². The number of hydrogen-bond donors (Lipinski definition) is 7. The summed E-state index contributed by atoms with van der Waals surface area (Å²) in [5.41, 5.74) is 0.342. The Balaban J connectivity index is 1.56. The maximum Gasteiger partial charge on any atom is 0.478 e. The summed E-state index contributed by atoms with van der Waals surface area (Å²) in [5.74, 6) is -0.377. The first-order chi connectivity index (χ1) is 16.6. The zero-order valence-electron chi connectivity index (χ0n) is 18.7. The Morgan fingerprint density at radius 1 is 1.22 bits per heavy atom. The lowest BCUT2D eigenvalue weighted by Crippen LogP contribution is -2.58. The van der Waals surface area contributed by atoms with Gasteiger partial charge in [-0.3, -0.25) is 18.4 Å². The van der Waals surface area contributed by atoms with Crippen molar-refractivity contribution < 1.29 is 67.0 Å². The average molecular weight is 577 g/mol. The molecular weight excluding hydrogens is 550 g/mol. The molecule has 3 aliphatic heterocycles. The minimum atomic E-state index is -5.70. The Morgan fingerprint density at radius 3 is 2.53 bits per heavy atom. The zero-order valence-corrected chi connectivity index (χ0v) is 21.4.